The molecule has 1 aliphatic rings. The van der Waals surface area contributed by atoms with Gasteiger partial charge in [0.2, 0.25) is 0 Å². The average molecular weight is 245 g/mol. The minimum absolute atomic E-state index is 0.257. The summed E-state index contributed by atoms with van der Waals surface area (Å²) in [6, 6.07) is 5.00. The fourth-order valence-electron chi connectivity index (χ4n) is 2.14. The van der Waals surface area contributed by atoms with Crippen molar-refractivity contribution in [3.8, 4) is 6.07 Å². The maximum atomic E-state index is 11.8. The van der Waals surface area contributed by atoms with E-state index in [1.54, 1.807) is 6.07 Å². The molecule has 0 aliphatic heterocycles. The number of aliphatic hydroxyl groups is 1. The normalized spacial score (nSPS) is 17.1. The molecule has 0 spiro atoms. The van der Waals surface area contributed by atoms with Gasteiger partial charge < -0.3 is 10.4 Å². The SMILES string of the molecule is N#Cc1ccc(C(=O)NCC2(O)CCCC2)nc1. The number of amides is 1. The van der Waals surface area contributed by atoms with Crippen LogP contribution < -0.4 is 5.32 Å². The molecule has 94 valence electrons. The summed E-state index contributed by atoms with van der Waals surface area (Å²) in [6.45, 7) is 0.257. The Labute approximate surface area is 105 Å². The molecular weight excluding hydrogens is 230 g/mol. The second-order valence-corrected chi connectivity index (χ2v) is 4.66. The highest BCUT2D eigenvalue weighted by Crippen LogP contribution is 2.28. The van der Waals surface area contributed by atoms with Gasteiger partial charge in [0.15, 0.2) is 0 Å². The zero-order chi connectivity index (χ0) is 13.0. The molecule has 2 rings (SSSR count). The van der Waals surface area contributed by atoms with Crippen molar-refractivity contribution in [3.05, 3.63) is 29.6 Å². The Bertz CT molecular complexity index is 470. The number of pyridine rings is 1. The van der Waals surface area contributed by atoms with Crippen molar-refractivity contribution in [3.63, 3.8) is 0 Å². The maximum Gasteiger partial charge on any atom is 0.269 e. The van der Waals surface area contributed by atoms with E-state index in [4.69, 9.17) is 5.26 Å². The molecule has 5 nitrogen and oxygen atoms in total. The molecule has 18 heavy (non-hydrogen) atoms. The molecule has 1 aromatic heterocycles. The van der Waals surface area contributed by atoms with Gasteiger partial charge in [0, 0.05) is 12.7 Å². The van der Waals surface area contributed by atoms with Crippen LogP contribution in [0.2, 0.25) is 0 Å². The van der Waals surface area contributed by atoms with Crippen molar-refractivity contribution in [2.24, 2.45) is 0 Å². The lowest BCUT2D eigenvalue weighted by molar-refractivity contribution is 0.0448. The van der Waals surface area contributed by atoms with Gasteiger partial charge in [0.1, 0.15) is 11.8 Å². The van der Waals surface area contributed by atoms with Crippen LogP contribution in [0.15, 0.2) is 18.3 Å². The molecule has 1 amide bonds. The molecule has 1 aliphatic carbocycles. The van der Waals surface area contributed by atoms with Crippen molar-refractivity contribution in [1.29, 1.82) is 5.26 Å². The van der Waals surface area contributed by atoms with Crippen LogP contribution in [0, 0.1) is 11.3 Å². The summed E-state index contributed by atoms with van der Waals surface area (Å²) in [4.78, 5) is 15.7. The first kappa shape index (κ1) is 12.5. The third-order valence-electron chi connectivity index (χ3n) is 3.24. The smallest absolute Gasteiger partial charge is 0.269 e. The van der Waals surface area contributed by atoms with Crippen LogP contribution in [0.5, 0.6) is 0 Å². The number of hydrogen-bond acceptors (Lipinski definition) is 4. The Balaban J connectivity index is 1.93. The van der Waals surface area contributed by atoms with Gasteiger partial charge in [-0.1, -0.05) is 12.8 Å². The van der Waals surface area contributed by atoms with Gasteiger partial charge in [-0.15, -0.1) is 0 Å². The fourth-order valence-corrected chi connectivity index (χ4v) is 2.14. The fraction of sp³-hybridized carbons (Fsp3) is 0.462. The van der Waals surface area contributed by atoms with E-state index in [9.17, 15) is 9.90 Å². The van der Waals surface area contributed by atoms with Gasteiger partial charge in [-0.25, -0.2) is 4.98 Å². The van der Waals surface area contributed by atoms with Crippen LogP contribution in [0.1, 0.15) is 41.7 Å². The number of hydrogen-bond donors (Lipinski definition) is 2. The van der Waals surface area contributed by atoms with Crippen molar-refractivity contribution in [2.75, 3.05) is 6.54 Å². The summed E-state index contributed by atoms with van der Waals surface area (Å²) in [5, 5.41) is 21.4. The second-order valence-electron chi connectivity index (χ2n) is 4.66. The van der Waals surface area contributed by atoms with Crippen molar-refractivity contribution in [1.82, 2.24) is 10.3 Å². The molecule has 1 aromatic rings. The zero-order valence-electron chi connectivity index (χ0n) is 10.0. The van der Waals surface area contributed by atoms with E-state index in [1.807, 2.05) is 6.07 Å². The number of nitrogens with zero attached hydrogens (tertiary/aromatic N) is 2. The van der Waals surface area contributed by atoms with Crippen LogP contribution >= 0.6 is 0 Å². The third kappa shape index (κ3) is 2.84. The van der Waals surface area contributed by atoms with Gasteiger partial charge in [0.25, 0.3) is 5.91 Å². The lowest BCUT2D eigenvalue weighted by Crippen LogP contribution is -2.41. The summed E-state index contributed by atoms with van der Waals surface area (Å²) in [5.74, 6) is -0.320. The van der Waals surface area contributed by atoms with E-state index in [2.05, 4.69) is 10.3 Å². The Morgan fingerprint density at radius 2 is 2.22 bits per heavy atom. The van der Waals surface area contributed by atoms with E-state index in [0.29, 0.717) is 5.56 Å². The van der Waals surface area contributed by atoms with Gasteiger partial charge in [-0.2, -0.15) is 5.26 Å². The molecule has 1 fully saturated rings. The largest absolute Gasteiger partial charge is 0.388 e. The summed E-state index contributed by atoms with van der Waals surface area (Å²) in [7, 11) is 0. The third-order valence-corrected chi connectivity index (χ3v) is 3.24. The molecule has 0 saturated heterocycles. The first-order chi connectivity index (χ1) is 8.63. The summed E-state index contributed by atoms with van der Waals surface area (Å²) in [6.07, 6.45) is 4.82. The minimum atomic E-state index is -0.762. The quantitative estimate of drug-likeness (QED) is 0.831. The summed E-state index contributed by atoms with van der Waals surface area (Å²) >= 11 is 0. The van der Waals surface area contributed by atoms with E-state index >= 15 is 0 Å². The van der Waals surface area contributed by atoms with E-state index in [-0.39, 0.29) is 18.1 Å². The van der Waals surface area contributed by atoms with Crippen molar-refractivity contribution < 1.29 is 9.90 Å². The van der Waals surface area contributed by atoms with Crippen molar-refractivity contribution >= 4 is 5.91 Å². The lowest BCUT2D eigenvalue weighted by Gasteiger charge is -2.22. The number of nitrogens with one attached hydrogen (secondary N) is 1. The predicted molar refractivity (Wildman–Crippen MR) is 64.7 cm³/mol. The number of carbonyl (C=O) groups excluding carboxylic acids is 1. The number of rotatable bonds is 3. The van der Waals surface area contributed by atoms with Gasteiger partial charge in [-0.05, 0) is 25.0 Å². The second kappa shape index (κ2) is 5.15. The Morgan fingerprint density at radius 1 is 1.50 bits per heavy atom. The molecule has 0 atom stereocenters. The molecular formula is C13H15N3O2. The highest BCUT2D eigenvalue weighted by Gasteiger charge is 2.31. The molecule has 0 radical (unpaired) electrons. The molecule has 5 heteroatoms. The Hall–Kier alpha value is -1.93. The van der Waals surface area contributed by atoms with Gasteiger partial charge in [-0.3, -0.25) is 4.79 Å². The van der Waals surface area contributed by atoms with Crippen LogP contribution in [-0.2, 0) is 0 Å². The molecule has 0 bridgehead atoms. The number of carbonyl (C=O) groups is 1. The van der Waals surface area contributed by atoms with Gasteiger partial charge in [0.05, 0.1) is 11.2 Å². The van der Waals surface area contributed by atoms with Crippen molar-refractivity contribution in [2.45, 2.75) is 31.3 Å². The first-order valence-electron chi connectivity index (χ1n) is 6.00. The lowest BCUT2D eigenvalue weighted by atomic mass is 10.0. The van der Waals surface area contributed by atoms with Crippen LogP contribution in [0.25, 0.3) is 0 Å². The standard InChI is InChI=1S/C13H15N3O2/c14-7-10-3-4-11(15-8-10)12(17)16-9-13(18)5-1-2-6-13/h3-4,8,18H,1-2,5-6,9H2,(H,16,17). The Kier molecular flexibility index (Phi) is 3.58. The Morgan fingerprint density at radius 3 is 2.78 bits per heavy atom. The van der Waals surface area contributed by atoms with Crippen LogP contribution in [-0.4, -0.2) is 28.1 Å². The minimum Gasteiger partial charge on any atom is -0.388 e. The van der Waals surface area contributed by atoms with E-state index < -0.39 is 5.60 Å². The highest BCUT2D eigenvalue weighted by atomic mass is 16.3. The molecule has 0 aromatic carbocycles. The topological polar surface area (TPSA) is 86.0 Å². The highest BCUT2D eigenvalue weighted by molar-refractivity contribution is 5.92. The number of aromatic nitrogens is 1. The van der Waals surface area contributed by atoms with E-state index in [1.165, 1.54) is 12.3 Å². The molecule has 0 unspecified atom stereocenters. The monoisotopic (exact) mass is 245 g/mol. The summed E-state index contributed by atoms with van der Waals surface area (Å²) in [5.41, 5.74) is -0.0843. The summed E-state index contributed by atoms with van der Waals surface area (Å²) < 4.78 is 0. The van der Waals surface area contributed by atoms with Gasteiger partial charge >= 0.3 is 0 Å². The maximum absolute atomic E-state index is 11.8. The average Bonchev–Trinajstić information content (AvgIpc) is 2.83. The van der Waals surface area contributed by atoms with Crippen LogP contribution in [0.3, 0.4) is 0 Å². The molecule has 2 N–H and O–H groups in total. The first-order valence-corrected chi connectivity index (χ1v) is 6.00. The zero-order valence-corrected chi connectivity index (χ0v) is 10.0. The predicted octanol–water partition coefficient (Wildman–Crippen LogP) is 0.988. The van der Waals surface area contributed by atoms with Crippen LogP contribution in [0.4, 0.5) is 0 Å². The molecule has 1 saturated carbocycles. The van der Waals surface area contributed by atoms with E-state index in [0.717, 1.165) is 25.7 Å². The number of nitriles is 1. The molecule has 1 heterocycles.